The van der Waals surface area contributed by atoms with Crippen LogP contribution in [0.1, 0.15) is 65.2 Å². The summed E-state index contributed by atoms with van der Waals surface area (Å²) in [6.45, 7) is 4.99. The van der Waals surface area contributed by atoms with E-state index in [-0.39, 0.29) is 16.9 Å². The summed E-state index contributed by atoms with van der Waals surface area (Å²) in [4.78, 5) is 12.5. The predicted octanol–water partition coefficient (Wildman–Crippen LogP) is 2.59. The zero-order valence-electron chi connectivity index (χ0n) is 11.9. The topological polar surface area (TPSA) is 55.1 Å². The molecule has 0 spiro atoms. The molecule has 2 rings (SSSR count). The molecule has 0 atom stereocenters. The van der Waals surface area contributed by atoms with Gasteiger partial charge < -0.3 is 11.1 Å². The van der Waals surface area contributed by atoms with Gasteiger partial charge in [-0.15, -0.1) is 0 Å². The Kier molecular flexibility index (Phi) is 4.00. The van der Waals surface area contributed by atoms with Gasteiger partial charge >= 0.3 is 0 Å². The molecular weight excluding hydrogens is 224 g/mol. The molecule has 0 heterocycles. The van der Waals surface area contributed by atoms with Crippen molar-refractivity contribution in [2.75, 3.05) is 6.54 Å². The molecule has 0 aromatic rings. The largest absolute Gasteiger partial charge is 0.349 e. The number of nitrogens with one attached hydrogen (secondary N) is 1. The first kappa shape index (κ1) is 13.9. The normalized spacial score (nSPS) is 35.4. The minimum atomic E-state index is -0.134. The zero-order chi connectivity index (χ0) is 13.2. The van der Waals surface area contributed by atoms with Crippen molar-refractivity contribution in [3.8, 4) is 0 Å². The molecule has 2 fully saturated rings. The molecule has 104 valence electrons. The van der Waals surface area contributed by atoms with E-state index in [9.17, 15) is 4.79 Å². The van der Waals surface area contributed by atoms with Gasteiger partial charge in [0.05, 0.1) is 5.54 Å². The van der Waals surface area contributed by atoms with E-state index in [2.05, 4.69) is 19.2 Å². The molecule has 0 saturated heterocycles. The van der Waals surface area contributed by atoms with E-state index in [1.54, 1.807) is 0 Å². The highest BCUT2D eigenvalue weighted by atomic mass is 16.2. The maximum atomic E-state index is 12.5. The molecule has 0 aliphatic heterocycles. The number of carbonyl (C=O) groups excluding carboxylic acids is 1. The van der Waals surface area contributed by atoms with E-state index in [4.69, 9.17) is 5.73 Å². The first-order valence-corrected chi connectivity index (χ1v) is 7.52. The minimum Gasteiger partial charge on any atom is -0.349 e. The van der Waals surface area contributed by atoms with Crippen molar-refractivity contribution in [3.05, 3.63) is 0 Å². The summed E-state index contributed by atoms with van der Waals surface area (Å²) in [6.07, 6.45) is 8.93. The summed E-state index contributed by atoms with van der Waals surface area (Å²) in [6, 6.07) is 0. The third-order valence-corrected chi connectivity index (χ3v) is 5.26. The first-order valence-electron chi connectivity index (χ1n) is 7.52. The molecule has 0 unspecified atom stereocenters. The van der Waals surface area contributed by atoms with Gasteiger partial charge in [-0.25, -0.2) is 0 Å². The van der Waals surface area contributed by atoms with Crippen LogP contribution in [0, 0.1) is 11.3 Å². The summed E-state index contributed by atoms with van der Waals surface area (Å²) < 4.78 is 0. The number of amides is 1. The minimum absolute atomic E-state index is 0.116. The lowest BCUT2D eigenvalue weighted by Crippen LogP contribution is -2.58. The Morgan fingerprint density at radius 2 is 1.78 bits per heavy atom. The van der Waals surface area contributed by atoms with Crippen LogP contribution in [0.2, 0.25) is 0 Å². The smallest absolute Gasteiger partial charge is 0.226 e. The van der Waals surface area contributed by atoms with E-state index >= 15 is 0 Å². The Bertz CT molecular complexity index is 300. The maximum absolute atomic E-state index is 12.5. The molecule has 0 radical (unpaired) electrons. The maximum Gasteiger partial charge on any atom is 0.226 e. The van der Waals surface area contributed by atoms with Crippen LogP contribution in [-0.2, 0) is 4.79 Å². The lowest BCUT2D eigenvalue weighted by atomic mass is 9.76. The number of hydrogen-bond donors (Lipinski definition) is 2. The fourth-order valence-electron chi connectivity index (χ4n) is 3.47. The molecule has 3 nitrogen and oxygen atoms in total. The van der Waals surface area contributed by atoms with Crippen molar-refractivity contribution in [1.29, 1.82) is 0 Å². The first-order chi connectivity index (χ1) is 8.50. The summed E-state index contributed by atoms with van der Waals surface area (Å²) in [7, 11) is 0. The predicted molar refractivity (Wildman–Crippen MR) is 74.1 cm³/mol. The molecule has 0 bridgehead atoms. The van der Waals surface area contributed by atoms with Crippen LogP contribution in [0.4, 0.5) is 0 Å². The molecule has 0 aromatic heterocycles. The Labute approximate surface area is 111 Å². The molecule has 3 heteroatoms. The Balaban J connectivity index is 1.99. The number of nitrogens with two attached hydrogens (primary N) is 1. The van der Waals surface area contributed by atoms with Gasteiger partial charge in [0, 0.05) is 12.0 Å². The van der Waals surface area contributed by atoms with Crippen LogP contribution < -0.4 is 11.1 Å². The second-order valence-electron chi connectivity index (χ2n) is 6.89. The molecule has 2 aliphatic carbocycles. The van der Waals surface area contributed by atoms with Crippen LogP contribution in [0.3, 0.4) is 0 Å². The van der Waals surface area contributed by atoms with Crippen molar-refractivity contribution < 1.29 is 4.79 Å². The average Bonchev–Trinajstić information content (AvgIpc) is 2.81. The average molecular weight is 252 g/mol. The third-order valence-electron chi connectivity index (χ3n) is 5.26. The van der Waals surface area contributed by atoms with Gasteiger partial charge in [-0.2, -0.15) is 0 Å². The molecule has 1 amide bonds. The number of carbonyl (C=O) groups is 1. The van der Waals surface area contributed by atoms with Crippen molar-refractivity contribution in [2.45, 2.75) is 70.8 Å². The zero-order valence-corrected chi connectivity index (χ0v) is 11.9. The van der Waals surface area contributed by atoms with Crippen LogP contribution in [-0.4, -0.2) is 18.0 Å². The molecule has 18 heavy (non-hydrogen) atoms. The van der Waals surface area contributed by atoms with Crippen LogP contribution in [0.5, 0.6) is 0 Å². The van der Waals surface area contributed by atoms with E-state index in [0.717, 1.165) is 31.6 Å². The SMILES string of the molecule is CC1CCC(CN)(NC(=O)C2(C)CCCC2)CC1. The van der Waals surface area contributed by atoms with Gasteiger partial charge in [-0.05, 0) is 44.4 Å². The van der Waals surface area contributed by atoms with Crippen molar-refractivity contribution in [1.82, 2.24) is 5.32 Å². The fourth-order valence-corrected chi connectivity index (χ4v) is 3.47. The van der Waals surface area contributed by atoms with Crippen LogP contribution in [0.15, 0.2) is 0 Å². The summed E-state index contributed by atoms with van der Waals surface area (Å²) in [5, 5.41) is 3.32. The molecule has 2 aliphatic rings. The highest BCUT2D eigenvalue weighted by Gasteiger charge is 2.41. The Morgan fingerprint density at radius 1 is 1.22 bits per heavy atom. The summed E-state index contributed by atoms with van der Waals surface area (Å²) in [5.41, 5.74) is 5.71. The highest BCUT2D eigenvalue weighted by molar-refractivity contribution is 5.83. The van der Waals surface area contributed by atoms with Gasteiger partial charge in [-0.1, -0.05) is 26.7 Å². The van der Waals surface area contributed by atoms with Crippen LogP contribution >= 0.6 is 0 Å². The van der Waals surface area contributed by atoms with Crippen molar-refractivity contribution in [3.63, 3.8) is 0 Å². The second kappa shape index (κ2) is 5.20. The quantitative estimate of drug-likeness (QED) is 0.811. The van der Waals surface area contributed by atoms with E-state index in [1.165, 1.54) is 25.7 Å². The van der Waals surface area contributed by atoms with Gasteiger partial charge in [0.25, 0.3) is 0 Å². The van der Waals surface area contributed by atoms with Gasteiger partial charge in [0.2, 0.25) is 5.91 Å². The third kappa shape index (κ3) is 2.71. The lowest BCUT2D eigenvalue weighted by Gasteiger charge is -2.41. The Morgan fingerprint density at radius 3 is 2.28 bits per heavy atom. The number of hydrogen-bond acceptors (Lipinski definition) is 2. The highest BCUT2D eigenvalue weighted by Crippen LogP contribution is 2.39. The molecule has 0 aromatic carbocycles. The van der Waals surface area contributed by atoms with Gasteiger partial charge in [0.1, 0.15) is 0 Å². The van der Waals surface area contributed by atoms with Crippen molar-refractivity contribution >= 4 is 5.91 Å². The summed E-state index contributed by atoms with van der Waals surface area (Å²) >= 11 is 0. The molecule has 3 N–H and O–H groups in total. The number of rotatable bonds is 3. The standard InChI is InChI=1S/C15H28N2O/c1-12-5-9-15(11-16,10-6-12)17-13(18)14(2)7-3-4-8-14/h12H,3-11,16H2,1-2H3,(H,17,18). The van der Waals surface area contributed by atoms with E-state index in [1.807, 2.05) is 0 Å². The van der Waals surface area contributed by atoms with E-state index in [0.29, 0.717) is 6.54 Å². The summed E-state index contributed by atoms with van der Waals surface area (Å²) in [5.74, 6) is 1.03. The monoisotopic (exact) mass is 252 g/mol. The van der Waals surface area contributed by atoms with E-state index < -0.39 is 0 Å². The van der Waals surface area contributed by atoms with Gasteiger partial charge in [0.15, 0.2) is 0 Å². The molecule has 2 saturated carbocycles. The van der Waals surface area contributed by atoms with Gasteiger partial charge in [-0.3, -0.25) is 4.79 Å². The van der Waals surface area contributed by atoms with Crippen molar-refractivity contribution in [2.24, 2.45) is 17.1 Å². The lowest BCUT2D eigenvalue weighted by molar-refractivity contribution is -0.132. The second-order valence-corrected chi connectivity index (χ2v) is 6.89. The fraction of sp³-hybridized carbons (Fsp3) is 0.933. The van der Waals surface area contributed by atoms with Crippen LogP contribution in [0.25, 0.3) is 0 Å². The molecular formula is C15H28N2O. The Hall–Kier alpha value is -0.570.